The van der Waals surface area contributed by atoms with Crippen molar-refractivity contribution >= 4 is 11.0 Å². The smallest absolute Gasteiger partial charge is 0.138 e. The summed E-state index contributed by atoms with van der Waals surface area (Å²) in [6, 6.07) is 12.8. The van der Waals surface area contributed by atoms with E-state index in [0.717, 1.165) is 22.4 Å². The van der Waals surface area contributed by atoms with Crippen molar-refractivity contribution in [1.82, 2.24) is 9.97 Å². The van der Waals surface area contributed by atoms with E-state index in [9.17, 15) is 0 Å². The van der Waals surface area contributed by atoms with Crippen LogP contribution in [0.15, 0.2) is 36.4 Å². The van der Waals surface area contributed by atoms with Crippen molar-refractivity contribution in [3.8, 4) is 11.4 Å². The molecule has 4 rings (SSSR count). The van der Waals surface area contributed by atoms with Crippen molar-refractivity contribution in [2.45, 2.75) is 58.3 Å². The SMILES string of the molecule is Cc1c2c(cc3[nH]c(-c4ccccc4)nc13)C(C)(C)CCC2(C)C. The van der Waals surface area contributed by atoms with Gasteiger partial charge >= 0.3 is 0 Å². The van der Waals surface area contributed by atoms with Gasteiger partial charge in [-0.05, 0) is 53.4 Å². The quantitative estimate of drug-likeness (QED) is 0.595. The number of fused-ring (bicyclic) bond motifs is 2. The van der Waals surface area contributed by atoms with E-state index in [1.54, 1.807) is 0 Å². The fourth-order valence-electron chi connectivity index (χ4n) is 4.34. The maximum absolute atomic E-state index is 4.95. The lowest BCUT2D eigenvalue weighted by atomic mass is 9.62. The molecule has 1 N–H and O–H groups in total. The summed E-state index contributed by atoms with van der Waals surface area (Å²) in [6.45, 7) is 11.8. The Hall–Kier alpha value is -2.09. The molecular weight excluding hydrogens is 292 g/mol. The monoisotopic (exact) mass is 318 g/mol. The molecule has 0 saturated heterocycles. The van der Waals surface area contributed by atoms with E-state index >= 15 is 0 Å². The molecule has 0 saturated carbocycles. The molecule has 1 aromatic heterocycles. The molecule has 24 heavy (non-hydrogen) atoms. The van der Waals surface area contributed by atoms with Crippen LogP contribution in [0.5, 0.6) is 0 Å². The molecule has 3 aromatic rings. The van der Waals surface area contributed by atoms with Crippen LogP contribution in [0.2, 0.25) is 0 Å². The van der Waals surface area contributed by atoms with E-state index in [4.69, 9.17) is 4.98 Å². The molecule has 1 aliphatic rings. The molecule has 2 nitrogen and oxygen atoms in total. The number of nitrogens with zero attached hydrogens (tertiary/aromatic N) is 1. The van der Waals surface area contributed by atoms with Gasteiger partial charge in [0, 0.05) is 5.56 Å². The molecule has 0 bridgehead atoms. The Balaban J connectivity index is 2.01. The van der Waals surface area contributed by atoms with Crippen LogP contribution in [0.3, 0.4) is 0 Å². The van der Waals surface area contributed by atoms with Crippen LogP contribution < -0.4 is 0 Å². The first-order chi connectivity index (χ1) is 11.3. The highest BCUT2D eigenvalue weighted by Gasteiger charge is 2.39. The van der Waals surface area contributed by atoms with Gasteiger partial charge in [0.2, 0.25) is 0 Å². The maximum atomic E-state index is 4.95. The predicted octanol–water partition coefficient (Wildman–Crippen LogP) is 5.89. The number of hydrogen-bond donors (Lipinski definition) is 1. The molecule has 0 amide bonds. The zero-order valence-electron chi connectivity index (χ0n) is 15.3. The van der Waals surface area contributed by atoms with Gasteiger partial charge in [-0.15, -0.1) is 0 Å². The molecule has 0 aliphatic heterocycles. The summed E-state index contributed by atoms with van der Waals surface area (Å²) in [7, 11) is 0. The molecular formula is C22H26N2. The first-order valence-corrected chi connectivity index (χ1v) is 8.89. The number of nitrogens with one attached hydrogen (secondary N) is 1. The van der Waals surface area contributed by atoms with Gasteiger partial charge in [0.1, 0.15) is 5.82 Å². The fraction of sp³-hybridized carbons (Fsp3) is 0.409. The summed E-state index contributed by atoms with van der Waals surface area (Å²) >= 11 is 0. The van der Waals surface area contributed by atoms with Gasteiger partial charge in [-0.3, -0.25) is 0 Å². The lowest BCUT2D eigenvalue weighted by Crippen LogP contribution is -2.34. The number of aromatic nitrogens is 2. The standard InChI is InChI=1S/C22H26N2/c1-14-18-16(21(2,3)11-12-22(18,4)5)13-17-19(14)24-20(23-17)15-9-7-6-8-10-15/h6-10,13H,11-12H2,1-5H3,(H,23,24). The van der Waals surface area contributed by atoms with E-state index in [1.807, 2.05) is 6.07 Å². The number of hydrogen-bond acceptors (Lipinski definition) is 1. The van der Waals surface area contributed by atoms with Crippen LogP contribution in [0.1, 0.15) is 57.2 Å². The molecule has 0 spiro atoms. The molecule has 1 aliphatic carbocycles. The van der Waals surface area contributed by atoms with Crippen molar-refractivity contribution in [1.29, 1.82) is 0 Å². The van der Waals surface area contributed by atoms with Crippen LogP contribution >= 0.6 is 0 Å². The number of H-pyrrole nitrogens is 1. The van der Waals surface area contributed by atoms with E-state index < -0.39 is 0 Å². The van der Waals surface area contributed by atoms with Crippen LogP contribution in [-0.2, 0) is 10.8 Å². The second-order valence-corrected chi connectivity index (χ2v) is 8.54. The Bertz CT molecular complexity index is 914. The fourth-order valence-corrected chi connectivity index (χ4v) is 4.34. The molecule has 0 fully saturated rings. The average Bonchev–Trinajstić information content (AvgIpc) is 2.97. The third-order valence-electron chi connectivity index (χ3n) is 5.85. The van der Waals surface area contributed by atoms with Gasteiger partial charge < -0.3 is 4.98 Å². The first-order valence-electron chi connectivity index (χ1n) is 8.89. The average molecular weight is 318 g/mol. The molecule has 0 atom stereocenters. The van der Waals surface area contributed by atoms with Crippen LogP contribution in [0.4, 0.5) is 0 Å². The second kappa shape index (κ2) is 4.95. The van der Waals surface area contributed by atoms with E-state index in [-0.39, 0.29) is 10.8 Å². The van der Waals surface area contributed by atoms with Gasteiger partial charge in [0.05, 0.1) is 11.0 Å². The number of benzene rings is 2. The topological polar surface area (TPSA) is 28.7 Å². The molecule has 1 heterocycles. The number of imidazole rings is 1. The summed E-state index contributed by atoms with van der Waals surface area (Å²) in [4.78, 5) is 8.51. The van der Waals surface area contributed by atoms with Crippen molar-refractivity contribution in [3.63, 3.8) is 0 Å². The molecule has 0 unspecified atom stereocenters. The predicted molar refractivity (Wildman–Crippen MR) is 102 cm³/mol. The van der Waals surface area contributed by atoms with Crippen LogP contribution in [0, 0.1) is 6.92 Å². The Labute approximate surface area is 144 Å². The molecule has 0 radical (unpaired) electrons. The lowest BCUT2D eigenvalue weighted by Gasteiger charge is -2.42. The maximum Gasteiger partial charge on any atom is 0.138 e. The van der Waals surface area contributed by atoms with Crippen molar-refractivity contribution < 1.29 is 0 Å². The largest absolute Gasteiger partial charge is 0.338 e. The second-order valence-electron chi connectivity index (χ2n) is 8.54. The summed E-state index contributed by atoms with van der Waals surface area (Å²) in [6.07, 6.45) is 2.47. The highest BCUT2D eigenvalue weighted by molar-refractivity contribution is 5.85. The van der Waals surface area contributed by atoms with Crippen LogP contribution in [0.25, 0.3) is 22.4 Å². The minimum absolute atomic E-state index is 0.217. The minimum atomic E-state index is 0.217. The van der Waals surface area contributed by atoms with Crippen molar-refractivity contribution in [3.05, 3.63) is 53.1 Å². The summed E-state index contributed by atoms with van der Waals surface area (Å²) in [5.41, 5.74) is 8.22. The van der Waals surface area contributed by atoms with Gasteiger partial charge in [-0.25, -0.2) is 4.98 Å². The number of aryl methyl sites for hydroxylation is 1. The van der Waals surface area contributed by atoms with Crippen molar-refractivity contribution in [2.75, 3.05) is 0 Å². The third kappa shape index (κ3) is 2.20. The third-order valence-corrected chi connectivity index (χ3v) is 5.85. The molecule has 2 heteroatoms. The van der Waals surface area contributed by atoms with Crippen LogP contribution in [-0.4, -0.2) is 9.97 Å². The van der Waals surface area contributed by atoms with Gasteiger partial charge in [-0.1, -0.05) is 58.0 Å². The van der Waals surface area contributed by atoms with E-state index in [2.05, 4.69) is 69.9 Å². The Kier molecular flexibility index (Phi) is 3.19. The highest BCUT2D eigenvalue weighted by atomic mass is 14.9. The van der Waals surface area contributed by atoms with Crippen molar-refractivity contribution in [2.24, 2.45) is 0 Å². The Morgan fingerprint density at radius 3 is 2.33 bits per heavy atom. The molecule has 124 valence electrons. The zero-order valence-corrected chi connectivity index (χ0v) is 15.3. The van der Waals surface area contributed by atoms with E-state index in [1.165, 1.54) is 29.5 Å². The number of rotatable bonds is 1. The normalized spacial score (nSPS) is 18.5. The summed E-state index contributed by atoms with van der Waals surface area (Å²) in [5, 5.41) is 0. The zero-order chi connectivity index (χ0) is 17.1. The first kappa shape index (κ1) is 15.4. The summed E-state index contributed by atoms with van der Waals surface area (Å²) < 4.78 is 0. The van der Waals surface area contributed by atoms with E-state index in [0.29, 0.717) is 0 Å². The Morgan fingerprint density at radius 1 is 0.958 bits per heavy atom. The lowest BCUT2D eigenvalue weighted by molar-refractivity contribution is 0.331. The minimum Gasteiger partial charge on any atom is -0.338 e. The molecule has 2 aromatic carbocycles. The summed E-state index contributed by atoms with van der Waals surface area (Å²) in [5.74, 6) is 0.964. The van der Waals surface area contributed by atoms with Gasteiger partial charge in [0.15, 0.2) is 0 Å². The van der Waals surface area contributed by atoms with Gasteiger partial charge in [0.25, 0.3) is 0 Å². The number of aromatic amines is 1. The van der Waals surface area contributed by atoms with Gasteiger partial charge in [-0.2, -0.15) is 0 Å². The highest BCUT2D eigenvalue weighted by Crippen LogP contribution is 2.48. The Morgan fingerprint density at radius 2 is 1.62 bits per heavy atom.